The second-order valence-corrected chi connectivity index (χ2v) is 6.79. The van der Waals surface area contributed by atoms with Crippen molar-refractivity contribution in [2.45, 2.75) is 52.7 Å². The molecule has 3 heteroatoms. The Hall–Kier alpha value is -0.540. The Bertz CT molecular complexity index is 445. The van der Waals surface area contributed by atoms with Crippen molar-refractivity contribution in [3.8, 4) is 5.75 Å². The number of aliphatic hydroxyl groups excluding tert-OH is 1. The standard InChI is InChI=1S/C16H23BrO2/c1-10-4-5-15(7-11(10)2)19-16-12(3)6-14(17)8-13(16)9-18/h6,8,10-11,15,18H,4-5,7,9H2,1-3H3. The minimum Gasteiger partial charge on any atom is -0.490 e. The van der Waals surface area contributed by atoms with E-state index >= 15 is 0 Å². The Balaban J connectivity index is 2.15. The molecule has 1 N–H and O–H groups in total. The lowest BCUT2D eigenvalue weighted by molar-refractivity contribution is 0.0974. The molecule has 1 aliphatic rings. The maximum atomic E-state index is 9.49. The number of aliphatic hydroxyl groups is 1. The first kappa shape index (κ1) is 14.9. The minimum atomic E-state index is 0.0221. The molecule has 1 saturated carbocycles. The monoisotopic (exact) mass is 326 g/mol. The number of rotatable bonds is 3. The van der Waals surface area contributed by atoms with Crippen molar-refractivity contribution in [3.63, 3.8) is 0 Å². The molecule has 19 heavy (non-hydrogen) atoms. The van der Waals surface area contributed by atoms with E-state index in [1.807, 2.05) is 19.1 Å². The molecule has 0 bridgehead atoms. The van der Waals surface area contributed by atoms with Crippen LogP contribution >= 0.6 is 15.9 Å². The lowest BCUT2D eigenvalue weighted by atomic mass is 9.80. The maximum absolute atomic E-state index is 9.49. The summed E-state index contributed by atoms with van der Waals surface area (Å²) in [6.07, 6.45) is 3.75. The number of ether oxygens (including phenoxy) is 1. The molecule has 0 spiro atoms. The van der Waals surface area contributed by atoms with Crippen LogP contribution in [0.2, 0.25) is 0 Å². The van der Waals surface area contributed by atoms with E-state index in [1.165, 1.54) is 6.42 Å². The summed E-state index contributed by atoms with van der Waals surface area (Å²) in [5.41, 5.74) is 1.96. The average Bonchev–Trinajstić information content (AvgIpc) is 2.36. The summed E-state index contributed by atoms with van der Waals surface area (Å²) in [5, 5.41) is 9.49. The van der Waals surface area contributed by atoms with Crippen LogP contribution in [-0.4, -0.2) is 11.2 Å². The second kappa shape index (κ2) is 6.27. The second-order valence-electron chi connectivity index (χ2n) is 5.88. The largest absolute Gasteiger partial charge is 0.490 e. The molecule has 2 rings (SSSR count). The van der Waals surface area contributed by atoms with E-state index < -0.39 is 0 Å². The van der Waals surface area contributed by atoms with Crippen molar-refractivity contribution in [1.82, 2.24) is 0 Å². The minimum absolute atomic E-state index is 0.0221. The molecule has 1 aromatic carbocycles. The first-order valence-corrected chi connectivity index (χ1v) is 7.87. The van der Waals surface area contributed by atoms with Crippen LogP contribution in [0.25, 0.3) is 0 Å². The molecule has 0 amide bonds. The van der Waals surface area contributed by atoms with Gasteiger partial charge in [0.15, 0.2) is 0 Å². The van der Waals surface area contributed by atoms with Gasteiger partial charge in [-0.05, 0) is 55.7 Å². The van der Waals surface area contributed by atoms with E-state index in [4.69, 9.17) is 4.74 Å². The van der Waals surface area contributed by atoms with Crippen LogP contribution in [-0.2, 0) is 6.61 Å². The van der Waals surface area contributed by atoms with E-state index in [2.05, 4.69) is 29.8 Å². The summed E-state index contributed by atoms with van der Waals surface area (Å²) < 4.78 is 7.19. The first-order chi connectivity index (χ1) is 9.01. The Morgan fingerprint density at radius 1 is 1.26 bits per heavy atom. The number of hydrogen-bond acceptors (Lipinski definition) is 2. The lowest BCUT2D eigenvalue weighted by Gasteiger charge is -2.33. The molecular formula is C16H23BrO2. The maximum Gasteiger partial charge on any atom is 0.128 e. The summed E-state index contributed by atoms with van der Waals surface area (Å²) in [5.74, 6) is 2.38. The van der Waals surface area contributed by atoms with Crippen LogP contribution < -0.4 is 4.74 Å². The van der Waals surface area contributed by atoms with E-state index in [0.29, 0.717) is 5.92 Å². The third-order valence-electron chi connectivity index (χ3n) is 4.32. The summed E-state index contributed by atoms with van der Waals surface area (Å²) in [4.78, 5) is 0. The van der Waals surface area contributed by atoms with Gasteiger partial charge < -0.3 is 9.84 Å². The molecule has 2 nitrogen and oxygen atoms in total. The van der Waals surface area contributed by atoms with Crippen LogP contribution in [0, 0.1) is 18.8 Å². The van der Waals surface area contributed by atoms with Crippen molar-refractivity contribution in [2.75, 3.05) is 0 Å². The molecule has 3 unspecified atom stereocenters. The van der Waals surface area contributed by atoms with Crippen LogP contribution in [0.4, 0.5) is 0 Å². The molecule has 0 saturated heterocycles. The van der Waals surface area contributed by atoms with E-state index in [0.717, 1.165) is 40.1 Å². The molecule has 0 aliphatic heterocycles. The van der Waals surface area contributed by atoms with Gasteiger partial charge in [0.25, 0.3) is 0 Å². The third-order valence-corrected chi connectivity index (χ3v) is 4.78. The van der Waals surface area contributed by atoms with Gasteiger partial charge in [0.1, 0.15) is 5.75 Å². The van der Waals surface area contributed by atoms with Gasteiger partial charge in [-0.1, -0.05) is 29.8 Å². The van der Waals surface area contributed by atoms with Gasteiger partial charge in [-0.3, -0.25) is 0 Å². The first-order valence-electron chi connectivity index (χ1n) is 7.07. The highest BCUT2D eigenvalue weighted by Crippen LogP contribution is 2.35. The van der Waals surface area contributed by atoms with Crippen LogP contribution in [0.15, 0.2) is 16.6 Å². The van der Waals surface area contributed by atoms with E-state index in [-0.39, 0.29) is 12.7 Å². The fourth-order valence-corrected chi connectivity index (χ4v) is 3.48. The fourth-order valence-electron chi connectivity index (χ4n) is 2.86. The third kappa shape index (κ3) is 3.51. The highest BCUT2D eigenvalue weighted by molar-refractivity contribution is 9.10. The summed E-state index contributed by atoms with van der Waals surface area (Å²) >= 11 is 3.46. The smallest absolute Gasteiger partial charge is 0.128 e. The molecule has 0 radical (unpaired) electrons. The molecule has 0 heterocycles. The topological polar surface area (TPSA) is 29.5 Å². The van der Waals surface area contributed by atoms with Gasteiger partial charge in [0, 0.05) is 10.0 Å². The summed E-state index contributed by atoms with van der Waals surface area (Å²) in [7, 11) is 0. The van der Waals surface area contributed by atoms with E-state index in [1.54, 1.807) is 0 Å². The van der Waals surface area contributed by atoms with Gasteiger partial charge in [-0.15, -0.1) is 0 Å². The average molecular weight is 327 g/mol. The zero-order valence-electron chi connectivity index (χ0n) is 11.9. The number of halogens is 1. The number of hydrogen-bond donors (Lipinski definition) is 1. The molecular weight excluding hydrogens is 304 g/mol. The van der Waals surface area contributed by atoms with Crippen LogP contribution in [0.3, 0.4) is 0 Å². The normalized spacial score (nSPS) is 27.3. The van der Waals surface area contributed by atoms with Crippen molar-refractivity contribution in [2.24, 2.45) is 11.8 Å². The predicted molar refractivity (Wildman–Crippen MR) is 81.4 cm³/mol. The lowest BCUT2D eigenvalue weighted by Crippen LogP contribution is -2.29. The SMILES string of the molecule is Cc1cc(Br)cc(CO)c1OC1CCC(C)C(C)C1. The Morgan fingerprint density at radius 3 is 2.63 bits per heavy atom. The Morgan fingerprint density at radius 2 is 2.00 bits per heavy atom. The molecule has 1 aliphatic carbocycles. The van der Waals surface area contributed by atoms with Crippen molar-refractivity contribution in [3.05, 3.63) is 27.7 Å². The summed E-state index contributed by atoms with van der Waals surface area (Å²) in [6.45, 7) is 6.69. The van der Waals surface area contributed by atoms with Gasteiger partial charge in [0.2, 0.25) is 0 Å². The van der Waals surface area contributed by atoms with Crippen LogP contribution in [0.5, 0.6) is 5.75 Å². The highest BCUT2D eigenvalue weighted by atomic mass is 79.9. The number of aryl methyl sites for hydroxylation is 1. The van der Waals surface area contributed by atoms with Crippen molar-refractivity contribution >= 4 is 15.9 Å². The number of benzene rings is 1. The Kier molecular flexibility index (Phi) is 4.91. The van der Waals surface area contributed by atoms with Gasteiger partial charge in [0.05, 0.1) is 12.7 Å². The zero-order valence-corrected chi connectivity index (χ0v) is 13.5. The fraction of sp³-hybridized carbons (Fsp3) is 0.625. The zero-order chi connectivity index (χ0) is 14.0. The van der Waals surface area contributed by atoms with E-state index in [9.17, 15) is 5.11 Å². The summed E-state index contributed by atoms with van der Waals surface area (Å²) in [6, 6.07) is 3.99. The highest BCUT2D eigenvalue weighted by Gasteiger charge is 2.26. The van der Waals surface area contributed by atoms with Crippen LogP contribution in [0.1, 0.15) is 44.2 Å². The molecule has 1 fully saturated rings. The molecule has 1 aromatic rings. The molecule has 3 atom stereocenters. The van der Waals surface area contributed by atoms with Crippen molar-refractivity contribution < 1.29 is 9.84 Å². The quantitative estimate of drug-likeness (QED) is 0.888. The molecule has 0 aromatic heterocycles. The Labute approximate surface area is 124 Å². The van der Waals surface area contributed by atoms with Gasteiger partial charge in [-0.2, -0.15) is 0 Å². The predicted octanol–water partition coefficient (Wildman–Crippen LogP) is 4.45. The van der Waals surface area contributed by atoms with Gasteiger partial charge in [-0.25, -0.2) is 0 Å². The van der Waals surface area contributed by atoms with Gasteiger partial charge >= 0.3 is 0 Å². The van der Waals surface area contributed by atoms with Crippen molar-refractivity contribution in [1.29, 1.82) is 0 Å². The molecule has 106 valence electrons.